The molecule has 1 heterocycles. The number of rotatable bonds is 3. The first kappa shape index (κ1) is 12.1. The number of nitrogens with zero attached hydrogens (tertiary/aromatic N) is 2. The smallest absolute Gasteiger partial charge is 0.103 e. The van der Waals surface area contributed by atoms with E-state index in [9.17, 15) is 0 Å². The fraction of sp³-hybridized carbons (Fsp3) is 0.385. The highest BCUT2D eigenvalue weighted by molar-refractivity contribution is 5.60. The van der Waals surface area contributed by atoms with Crippen molar-refractivity contribution in [2.24, 2.45) is 0 Å². The van der Waals surface area contributed by atoms with Crippen LogP contribution >= 0.6 is 0 Å². The van der Waals surface area contributed by atoms with E-state index in [4.69, 9.17) is 11.7 Å². The maximum atomic E-state index is 9.06. The highest BCUT2D eigenvalue weighted by Gasteiger charge is 2.09. The third-order valence-electron chi connectivity index (χ3n) is 2.27. The largest absolute Gasteiger partial charge is 0.380 e. The Labute approximate surface area is 96.5 Å². The van der Waals surface area contributed by atoms with Crippen molar-refractivity contribution in [3.63, 3.8) is 0 Å². The van der Waals surface area contributed by atoms with Crippen LogP contribution < -0.4 is 5.32 Å². The molecule has 3 nitrogen and oxygen atoms in total. The Kier molecular flexibility index (Phi) is 3.91. The molecule has 3 heteroatoms. The van der Waals surface area contributed by atoms with Crippen molar-refractivity contribution in [3.8, 4) is 18.4 Å². The van der Waals surface area contributed by atoms with Gasteiger partial charge in [0, 0.05) is 18.2 Å². The van der Waals surface area contributed by atoms with E-state index in [1.807, 2.05) is 26.8 Å². The number of aromatic nitrogens is 1. The van der Waals surface area contributed by atoms with E-state index < -0.39 is 0 Å². The van der Waals surface area contributed by atoms with E-state index in [0.29, 0.717) is 12.0 Å². The van der Waals surface area contributed by atoms with Crippen LogP contribution in [0, 0.1) is 37.5 Å². The highest BCUT2D eigenvalue weighted by Crippen LogP contribution is 2.19. The molecule has 0 saturated heterocycles. The van der Waals surface area contributed by atoms with Gasteiger partial charge >= 0.3 is 0 Å². The van der Waals surface area contributed by atoms with Gasteiger partial charge in [0.1, 0.15) is 6.07 Å². The molecule has 0 amide bonds. The average Bonchev–Trinajstić information content (AvgIpc) is 2.17. The molecule has 1 N–H and O–H groups in total. The molecule has 0 aliphatic heterocycles. The van der Waals surface area contributed by atoms with Crippen molar-refractivity contribution < 1.29 is 0 Å². The lowest BCUT2D eigenvalue weighted by molar-refractivity contribution is 0.826. The third-order valence-corrected chi connectivity index (χ3v) is 2.27. The zero-order chi connectivity index (χ0) is 12.1. The van der Waals surface area contributed by atoms with Crippen LogP contribution in [0.4, 0.5) is 5.69 Å². The van der Waals surface area contributed by atoms with Crippen LogP contribution in [-0.4, -0.2) is 11.0 Å². The summed E-state index contributed by atoms with van der Waals surface area (Å²) < 4.78 is 0. The van der Waals surface area contributed by atoms with E-state index in [2.05, 4.69) is 22.3 Å². The maximum absolute atomic E-state index is 9.06. The zero-order valence-electron chi connectivity index (χ0n) is 9.83. The summed E-state index contributed by atoms with van der Waals surface area (Å²) in [5.41, 5.74) is 3.05. The lowest BCUT2D eigenvalue weighted by atomic mass is 10.1. The molecule has 0 saturated carbocycles. The van der Waals surface area contributed by atoms with Gasteiger partial charge in [-0.15, -0.1) is 12.3 Å². The number of hydrogen-bond acceptors (Lipinski definition) is 3. The molecule has 0 fully saturated rings. The van der Waals surface area contributed by atoms with Gasteiger partial charge in [0.25, 0.3) is 0 Å². The summed E-state index contributed by atoms with van der Waals surface area (Å²) in [4.78, 5) is 4.26. The van der Waals surface area contributed by atoms with Crippen molar-refractivity contribution >= 4 is 5.69 Å². The summed E-state index contributed by atoms with van der Waals surface area (Å²) in [5, 5.41) is 12.3. The Bertz CT molecular complexity index is 463. The summed E-state index contributed by atoms with van der Waals surface area (Å²) in [6.07, 6.45) is 5.88. The van der Waals surface area contributed by atoms with Crippen LogP contribution in [0.2, 0.25) is 0 Å². The Morgan fingerprint density at radius 2 is 2.25 bits per heavy atom. The number of hydrogen-bond donors (Lipinski definition) is 1. The predicted octanol–water partition coefficient (Wildman–Crippen LogP) is 2.39. The molecular weight excluding hydrogens is 198 g/mol. The van der Waals surface area contributed by atoms with Crippen molar-refractivity contribution in [2.75, 3.05) is 5.32 Å². The summed E-state index contributed by atoms with van der Waals surface area (Å²) in [6, 6.07) is 4.19. The van der Waals surface area contributed by atoms with Gasteiger partial charge in [0.2, 0.25) is 0 Å². The molecule has 1 atom stereocenters. The Morgan fingerprint density at radius 3 is 2.81 bits per heavy atom. The van der Waals surface area contributed by atoms with Crippen molar-refractivity contribution in [1.82, 2.24) is 4.98 Å². The molecule has 0 aliphatic carbocycles. The fourth-order valence-electron chi connectivity index (χ4n) is 1.58. The van der Waals surface area contributed by atoms with Gasteiger partial charge in [-0.05, 0) is 26.8 Å². The number of anilines is 1. The van der Waals surface area contributed by atoms with Crippen LogP contribution in [-0.2, 0) is 0 Å². The molecule has 82 valence electrons. The van der Waals surface area contributed by atoms with Crippen LogP contribution in [0.1, 0.15) is 30.3 Å². The first-order valence-electron chi connectivity index (χ1n) is 5.16. The van der Waals surface area contributed by atoms with Crippen LogP contribution in [0.3, 0.4) is 0 Å². The first-order valence-corrected chi connectivity index (χ1v) is 5.16. The van der Waals surface area contributed by atoms with Gasteiger partial charge < -0.3 is 5.32 Å². The molecule has 0 radical (unpaired) electrons. The van der Waals surface area contributed by atoms with E-state index in [0.717, 1.165) is 17.1 Å². The normalized spacial score (nSPS) is 11.3. The third kappa shape index (κ3) is 2.74. The predicted molar refractivity (Wildman–Crippen MR) is 65.0 cm³/mol. The average molecular weight is 213 g/mol. The van der Waals surface area contributed by atoms with Gasteiger partial charge in [0.15, 0.2) is 0 Å². The molecule has 16 heavy (non-hydrogen) atoms. The quantitative estimate of drug-likeness (QED) is 0.784. The Balaban J connectivity index is 3.04. The van der Waals surface area contributed by atoms with Crippen molar-refractivity contribution in [1.29, 1.82) is 5.26 Å². The van der Waals surface area contributed by atoms with E-state index in [1.54, 1.807) is 0 Å². The second-order valence-corrected chi connectivity index (χ2v) is 3.84. The van der Waals surface area contributed by atoms with Gasteiger partial charge in [-0.1, -0.05) is 0 Å². The molecule has 1 aromatic rings. The number of aryl methyl sites for hydroxylation is 2. The van der Waals surface area contributed by atoms with Gasteiger partial charge in [-0.3, -0.25) is 4.98 Å². The van der Waals surface area contributed by atoms with Crippen LogP contribution in [0.15, 0.2) is 6.07 Å². The number of pyridine rings is 1. The zero-order valence-corrected chi connectivity index (χ0v) is 9.83. The van der Waals surface area contributed by atoms with E-state index in [1.165, 1.54) is 0 Å². The number of terminal acetylenes is 1. The minimum Gasteiger partial charge on any atom is -0.380 e. The van der Waals surface area contributed by atoms with Crippen LogP contribution in [0.5, 0.6) is 0 Å². The van der Waals surface area contributed by atoms with E-state index in [-0.39, 0.29) is 6.04 Å². The molecule has 0 bridgehead atoms. The molecule has 0 aromatic carbocycles. The molecule has 1 unspecified atom stereocenters. The monoisotopic (exact) mass is 213 g/mol. The summed E-state index contributed by atoms with van der Waals surface area (Å²) in [6.45, 7) is 5.74. The highest BCUT2D eigenvalue weighted by atomic mass is 14.9. The minimum absolute atomic E-state index is 0.151. The SMILES string of the molecule is C#CCC(C)Nc1cc(C)nc(C)c1C#N. The Morgan fingerprint density at radius 1 is 1.56 bits per heavy atom. The van der Waals surface area contributed by atoms with Gasteiger partial charge in [-0.2, -0.15) is 5.26 Å². The molecule has 1 aromatic heterocycles. The topological polar surface area (TPSA) is 48.7 Å². The lowest BCUT2D eigenvalue weighted by Gasteiger charge is -2.15. The van der Waals surface area contributed by atoms with E-state index >= 15 is 0 Å². The first-order chi connectivity index (χ1) is 7.58. The summed E-state index contributed by atoms with van der Waals surface area (Å²) in [7, 11) is 0. The molecule has 0 spiro atoms. The van der Waals surface area contributed by atoms with Crippen LogP contribution in [0.25, 0.3) is 0 Å². The lowest BCUT2D eigenvalue weighted by Crippen LogP contribution is -2.15. The second kappa shape index (κ2) is 5.19. The molecule has 1 rings (SSSR count). The maximum Gasteiger partial charge on any atom is 0.103 e. The summed E-state index contributed by atoms with van der Waals surface area (Å²) in [5.74, 6) is 2.59. The molecular formula is C13H15N3. The molecule has 0 aliphatic rings. The van der Waals surface area contributed by atoms with Crippen molar-refractivity contribution in [2.45, 2.75) is 33.2 Å². The summed E-state index contributed by atoms with van der Waals surface area (Å²) >= 11 is 0. The van der Waals surface area contributed by atoms with Gasteiger partial charge in [0.05, 0.1) is 16.9 Å². The van der Waals surface area contributed by atoms with Gasteiger partial charge in [-0.25, -0.2) is 0 Å². The minimum atomic E-state index is 0.151. The van der Waals surface area contributed by atoms with Crippen molar-refractivity contribution in [3.05, 3.63) is 23.0 Å². The Hall–Kier alpha value is -2.00. The number of nitriles is 1. The number of nitrogens with one attached hydrogen (secondary N) is 1. The fourth-order valence-corrected chi connectivity index (χ4v) is 1.58. The standard InChI is InChI=1S/C13H15N3/c1-5-6-9(2)16-13-7-10(3)15-11(4)12(13)8-14/h1,7,9H,6H2,2-4H3,(H,15,16). The second-order valence-electron chi connectivity index (χ2n) is 3.84.